The molecule has 0 fully saturated rings. The van der Waals surface area contributed by atoms with Gasteiger partial charge in [-0.1, -0.05) is 41.9 Å². The maximum absolute atomic E-state index is 11.4. The molecule has 1 heterocycles. The first-order chi connectivity index (χ1) is 10.7. The quantitative estimate of drug-likeness (QED) is 0.654. The van der Waals surface area contributed by atoms with Crippen molar-refractivity contribution in [2.75, 3.05) is 17.7 Å². The van der Waals surface area contributed by atoms with E-state index in [9.17, 15) is 5.11 Å². The van der Waals surface area contributed by atoms with Crippen LogP contribution >= 0.6 is 23.2 Å². The minimum absolute atomic E-state index is 0.515. The van der Waals surface area contributed by atoms with E-state index in [1.165, 1.54) is 0 Å². The molecule has 2 N–H and O–H groups in total. The van der Waals surface area contributed by atoms with E-state index in [4.69, 9.17) is 23.2 Å². The van der Waals surface area contributed by atoms with Crippen molar-refractivity contribution in [1.82, 2.24) is 0 Å². The van der Waals surface area contributed by atoms with E-state index < -0.39 is 5.60 Å². The number of nitrogens with zero attached hydrogens (tertiary/aromatic N) is 1. The molecule has 0 amide bonds. The number of benzene rings is 2. The molecule has 0 spiro atoms. The standard InChI is InChI=1S/C17H16Cl2N2O/c18-9-4-10-20-16-17(22,12-5-3-6-13(19)11-12)14-7-1-2-8-15(14)21-16/h1-3,5-8,11,22H,4,9-10H2,(H,20,21). The van der Waals surface area contributed by atoms with Gasteiger partial charge in [0, 0.05) is 28.7 Å². The Kier molecular flexibility index (Phi) is 4.39. The van der Waals surface area contributed by atoms with E-state index in [1.54, 1.807) is 12.1 Å². The van der Waals surface area contributed by atoms with Gasteiger partial charge in [-0.3, -0.25) is 4.99 Å². The van der Waals surface area contributed by atoms with Gasteiger partial charge in [-0.15, -0.1) is 11.6 Å². The van der Waals surface area contributed by atoms with Crippen molar-refractivity contribution < 1.29 is 5.11 Å². The molecular formula is C17H16Cl2N2O. The third kappa shape index (κ3) is 2.60. The number of amidine groups is 1. The normalized spacial score (nSPS) is 21.7. The fourth-order valence-electron chi connectivity index (χ4n) is 2.66. The molecule has 3 nitrogen and oxygen atoms in total. The molecule has 0 aliphatic carbocycles. The van der Waals surface area contributed by atoms with Gasteiger partial charge in [0.15, 0.2) is 5.60 Å². The number of hydrogen-bond donors (Lipinski definition) is 2. The summed E-state index contributed by atoms with van der Waals surface area (Å²) < 4.78 is 0. The maximum Gasteiger partial charge on any atom is 0.174 e. The molecule has 114 valence electrons. The van der Waals surface area contributed by atoms with Crippen LogP contribution in [0, 0.1) is 0 Å². The molecule has 5 heteroatoms. The lowest BCUT2D eigenvalue weighted by Crippen LogP contribution is -2.36. The van der Waals surface area contributed by atoms with Crippen LogP contribution in [0.3, 0.4) is 0 Å². The first kappa shape index (κ1) is 15.3. The number of alkyl halides is 1. The molecule has 0 bridgehead atoms. The summed E-state index contributed by atoms with van der Waals surface area (Å²) in [5.74, 6) is 1.06. The number of aliphatic imine (C=N–C) groups is 1. The molecule has 1 unspecified atom stereocenters. The van der Waals surface area contributed by atoms with Crippen LogP contribution in [0.1, 0.15) is 17.5 Å². The Labute approximate surface area is 139 Å². The molecule has 0 saturated heterocycles. The van der Waals surface area contributed by atoms with E-state index >= 15 is 0 Å². The van der Waals surface area contributed by atoms with Crippen molar-refractivity contribution in [3.63, 3.8) is 0 Å². The predicted molar refractivity (Wildman–Crippen MR) is 92.2 cm³/mol. The highest BCUT2D eigenvalue weighted by atomic mass is 35.5. The van der Waals surface area contributed by atoms with Gasteiger partial charge in [-0.25, -0.2) is 0 Å². The summed E-state index contributed by atoms with van der Waals surface area (Å²) >= 11 is 11.8. The fraction of sp³-hybridized carbons (Fsp3) is 0.235. The fourth-order valence-corrected chi connectivity index (χ4v) is 2.97. The third-order valence-electron chi connectivity index (χ3n) is 3.72. The third-order valence-corrected chi connectivity index (χ3v) is 4.22. The predicted octanol–water partition coefficient (Wildman–Crippen LogP) is 4.03. The van der Waals surface area contributed by atoms with Gasteiger partial charge in [0.1, 0.15) is 5.84 Å². The summed E-state index contributed by atoms with van der Waals surface area (Å²) in [6, 6.07) is 14.9. The van der Waals surface area contributed by atoms with E-state index in [-0.39, 0.29) is 0 Å². The summed E-state index contributed by atoms with van der Waals surface area (Å²) in [4.78, 5) is 4.51. The highest BCUT2D eigenvalue weighted by molar-refractivity contribution is 6.30. The highest BCUT2D eigenvalue weighted by Gasteiger charge is 2.44. The molecule has 22 heavy (non-hydrogen) atoms. The van der Waals surface area contributed by atoms with E-state index in [0.29, 0.717) is 28.8 Å². The van der Waals surface area contributed by atoms with Crippen molar-refractivity contribution >= 4 is 34.7 Å². The maximum atomic E-state index is 11.4. The number of rotatable bonds is 4. The lowest BCUT2D eigenvalue weighted by Gasteiger charge is -2.24. The van der Waals surface area contributed by atoms with Crippen molar-refractivity contribution in [3.8, 4) is 0 Å². The number of aliphatic hydroxyl groups is 1. The van der Waals surface area contributed by atoms with Crippen molar-refractivity contribution in [2.24, 2.45) is 4.99 Å². The van der Waals surface area contributed by atoms with Gasteiger partial charge in [0.05, 0.1) is 0 Å². The van der Waals surface area contributed by atoms with Gasteiger partial charge in [0.25, 0.3) is 0 Å². The van der Waals surface area contributed by atoms with Crippen LogP contribution in [-0.2, 0) is 5.60 Å². The van der Waals surface area contributed by atoms with Crippen molar-refractivity contribution in [3.05, 3.63) is 64.7 Å². The van der Waals surface area contributed by atoms with E-state index in [0.717, 1.165) is 17.7 Å². The summed E-state index contributed by atoms with van der Waals surface area (Å²) in [5, 5.41) is 15.2. The van der Waals surface area contributed by atoms with Crippen LogP contribution in [0.2, 0.25) is 5.02 Å². The first-order valence-electron chi connectivity index (χ1n) is 7.12. The van der Waals surface area contributed by atoms with Gasteiger partial charge < -0.3 is 10.4 Å². The summed E-state index contributed by atoms with van der Waals surface area (Å²) in [7, 11) is 0. The Morgan fingerprint density at radius 2 is 1.95 bits per heavy atom. The number of nitrogens with one attached hydrogen (secondary N) is 1. The molecule has 2 aromatic rings. The van der Waals surface area contributed by atoms with E-state index in [1.807, 2.05) is 36.4 Å². The molecular weight excluding hydrogens is 319 g/mol. The van der Waals surface area contributed by atoms with Gasteiger partial charge in [-0.05, 0) is 30.2 Å². The summed E-state index contributed by atoms with van der Waals surface area (Å²) in [6.45, 7) is 0.558. The minimum Gasteiger partial charge on any atom is -0.373 e. The summed E-state index contributed by atoms with van der Waals surface area (Å²) in [6.07, 6.45) is 0.759. The average molecular weight is 335 g/mol. The molecule has 2 aromatic carbocycles. The van der Waals surface area contributed by atoms with Crippen LogP contribution in [-0.4, -0.2) is 23.4 Å². The van der Waals surface area contributed by atoms with Crippen LogP contribution in [0.25, 0.3) is 0 Å². The van der Waals surface area contributed by atoms with Gasteiger partial charge >= 0.3 is 0 Å². The number of hydrogen-bond acceptors (Lipinski definition) is 2. The Morgan fingerprint density at radius 1 is 1.14 bits per heavy atom. The second-order valence-electron chi connectivity index (χ2n) is 5.16. The Morgan fingerprint density at radius 3 is 2.73 bits per heavy atom. The molecule has 0 radical (unpaired) electrons. The zero-order chi connectivity index (χ0) is 15.6. The molecule has 0 saturated carbocycles. The highest BCUT2D eigenvalue weighted by Crippen LogP contribution is 2.41. The van der Waals surface area contributed by atoms with Crippen LogP contribution < -0.4 is 5.32 Å². The van der Waals surface area contributed by atoms with Gasteiger partial charge in [-0.2, -0.15) is 0 Å². The lowest BCUT2D eigenvalue weighted by atomic mass is 9.87. The second kappa shape index (κ2) is 6.29. The van der Waals surface area contributed by atoms with Crippen LogP contribution in [0.15, 0.2) is 53.5 Å². The number of para-hydroxylation sites is 1. The topological polar surface area (TPSA) is 44.6 Å². The Bertz CT molecular complexity index is 717. The van der Waals surface area contributed by atoms with Crippen LogP contribution in [0.4, 0.5) is 5.69 Å². The Balaban J connectivity index is 2.12. The average Bonchev–Trinajstić information content (AvgIpc) is 2.82. The molecule has 0 aromatic heterocycles. The summed E-state index contributed by atoms with van der Waals surface area (Å²) in [5.41, 5.74) is 1.02. The Hall–Kier alpha value is -1.55. The zero-order valence-corrected chi connectivity index (χ0v) is 13.4. The first-order valence-corrected chi connectivity index (χ1v) is 8.03. The number of fused-ring (bicyclic) bond motifs is 1. The molecule has 1 aliphatic heterocycles. The number of halogens is 2. The molecule has 1 atom stereocenters. The van der Waals surface area contributed by atoms with Crippen molar-refractivity contribution in [2.45, 2.75) is 12.0 Å². The second-order valence-corrected chi connectivity index (χ2v) is 5.98. The smallest absolute Gasteiger partial charge is 0.174 e. The zero-order valence-electron chi connectivity index (χ0n) is 11.9. The molecule has 1 aliphatic rings. The van der Waals surface area contributed by atoms with Crippen molar-refractivity contribution in [1.29, 1.82) is 0 Å². The van der Waals surface area contributed by atoms with Crippen LogP contribution in [0.5, 0.6) is 0 Å². The number of anilines is 1. The largest absolute Gasteiger partial charge is 0.373 e. The SMILES string of the molecule is OC1(c2cccc(Cl)c2)C(=NCCCCl)Nc2ccccc21. The van der Waals surface area contributed by atoms with Gasteiger partial charge in [0.2, 0.25) is 0 Å². The monoisotopic (exact) mass is 334 g/mol. The van der Waals surface area contributed by atoms with E-state index in [2.05, 4.69) is 10.3 Å². The minimum atomic E-state index is -1.31. The molecule has 3 rings (SSSR count). The lowest BCUT2D eigenvalue weighted by molar-refractivity contribution is 0.160.